The van der Waals surface area contributed by atoms with Crippen LogP contribution in [0.2, 0.25) is 0 Å². The minimum atomic E-state index is -0.273. The molecule has 2 aromatic rings. The molecule has 4 heteroatoms. The van der Waals surface area contributed by atoms with E-state index in [0.717, 1.165) is 23.4 Å². The second-order valence-electron chi connectivity index (χ2n) is 5.21. The van der Waals surface area contributed by atoms with Gasteiger partial charge in [0.1, 0.15) is 0 Å². The summed E-state index contributed by atoms with van der Waals surface area (Å²) in [5, 5.41) is 4.47. The molecule has 0 amide bonds. The van der Waals surface area contributed by atoms with Crippen LogP contribution in [0.4, 0.5) is 0 Å². The number of rotatable bonds is 5. The molecule has 0 fully saturated rings. The maximum atomic E-state index is 11.9. The van der Waals surface area contributed by atoms with Crippen molar-refractivity contribution < 1.29 is 9.53 Å². The molecule has 1 aromatic heterocycles. The number of ether oxygens (including phenoxy) is 1. The first-order valence-corrected chi connectivity index (χ1v) is 7.40. The average molecular weight is 286 g/mol. The Hall–Kier alpha value is -2.10. The zero-order chi connectivity index (χ0) is 15.4. The zero-order valence-electron chi connectivity index (χ0n) is 13.1. The van der Waals surface area contributed by atoms with Gasteiger partial charge in [-0.25, -0.2) is 9.48 Å². The summed E-state index contributed by atoms with van der Waals surface area (Å²) in [5.41, 5.74) is 3.70. The highest BCUT2D eigenvalue weighted by atomic mass is 16.5. The van der Waals surface area contributed by atoms with Crippen LogP contribution in [0.3, 0.4) is 0 Å². The van der Waals surface area contributed by atoms with Crippen molar-refractivity contribution >= 4 is 5.97 Å². The summed E-state index contributed by atoms with van der Waals surface area (Å²) in [7, 11) is 0. The van der Waals surface area contributed by atoms with Gasteiger partial charge in [0, 0.05) is 6.20 Å². The molecule has 1 unspecified atom stereocenters. The molecule has 21 heavy (non-hydrogen) atoms. The molecule has 0 spiro atoms. The van der Waals surface area contributed by atoms with Crippen molar-refractivity contribution in [3.63, 3.8) is 0 Å². The van der Waals surface area contributed by atoms with E-state index in [1.54, 1.807) is 6.07 Å². The monoisotopic (exact) mass is 286 g/mol. The first-order valence-electron chi connectivity index (χ1n) is 7.40. The Labute approximate surface area is 125 Å². The molecule has 1 heterocycles. The highest BCUT2D eigenvalue weighted by molar-refractivity contribution is 5.90. The van der Waals surface area contributed by atoms with Gasteiger partial charge in [0.25, 0.3) is 0 Å². The van der Waals surface area contributed by atoms with Gasteiger partial charge in [0.05, 0.1) is 23.6 Å². The number of esters is 1. The fourth-order valence-corrected chi connectivity index (χ4v) is 2.27. The summed E-state index contributed by atoms with van der Waals surface area (Å²) in [6.07, 6.45) is 2.94. The molecular formula is C17H22N2O2. The van der Waals surface area contributed by atoms with E-state index in [1.165, 1.54) is 0 Å². The van der Waals surface area contributed by atoms with Crippen LogP contribution in [-0.2, 0) is 4.74 Å². The number of carbonyl (C=O) groups excluding carboxylic acids is 1. The molecule has 0 radical (unpaired) electrons. The lowest BCUT2D eigenvalue weighted by Gasteiger charge is -2.16. The predicted molar refractivity (Wildman–Crippen MR) is 83.0 cm³/mol. The number of nitrogens with zero attached hydrogens (tertiary/aromatic N) is 2. The van der Waals surface area contributed by atoms with Gasteiger partial charge in [-0.3, -0.25) is 0 Å². The number of hydrogen-bond acceptors (Lipinski definition) is 3. The van der Waals surface area contributed by atoms with Crippen LogP contribution >= 0.6 is 0 Å². The van der Waals surface area contributed by atoms with Crippen molar-refractivity contribution in [1.82, 2.24) is 9.78 Å². The van der Waals surface area contributed by atoms with Gasteiger partial charge >= 0.3 is 5.97 Å². The van der Waals surface area contributed by atoms with E-state index in [0.29, 0.717) is 18.1 Å². The zero-order valence-corrected chi connectivity index (χ0v) is 13.1. The standard InChI is InChI=1S/C17H22N2O2/c1-5-12(3)15-11-14(17(20)21-6-2)7-8-16(15)19-10-9-13(4)18-19/h7-12H,5-6H2,1-4H3. The highest BCUT2D eigenvalue weighted by Gasteiger charge is 2.15. The van der Waals surface area contributed by atoms with Crippen molar-refractivity contribution in [3.05, 3.63) is 47.3 Å². The minimum absolute atomic E-state index is 0.273. The molecule has 2 rings (SSSR count). The van der Waals surface area contributed by atoms with Crippen molar-refractivity contribution in [3.8, 4) is 5.69 Å². The molecule has 0 saturated heterocycles. The van der Waals surface area contributed by atoms with Crippen LogP contribution in [0.25, 0.3) is 5.69 Å². The van der Waals surface area contributed by atoms with E-state index in [2.05, 4.69) is 18.9 Å². The molecule has 0 bridgehead atoms. The number of carbonyl (C=O) groups is 1. The third-order valence-corrected chi connectivity index (χ3v) is 3.65. The van der Waals surface area contributed by atoms with E-state index in [9.17, 15) is 4.79 Å². The van der Waals surface area contributed by atoms with Crippen LogP contribution in [0, 0.1) is 6.92 Å². The molecule has 4 nitrogen and oxygen atoms in total. The maximum absolute atomic E-state index is 11.9. The van der Waals surface area contributed by atoms with Gasteiger partial charge in [-0.05, 0) is 56.0 Å². The first-order chi connectivity index (χ1) is 10.1. The Kier molecular flexibility index (Phi) is 4.78. The van der Waals surface area contributed by atoms with E-state index in [4.69, 9.17) is 4.74 Å². The summed E-state index contributed by atoms with van der Waals surface area (Å²) >= 11 is 0. The Balaban J connectivity index is 2.48. The lowest BCUT2D eigenvalue weighted by Crippen LogP contribution is -2.09. The summed E-state index contributed by atoms with van der Waals surface area (Å²) in [4.78, 5) is 11.9. The molecule has 112 valence electrons. The van der Waals surface area contributed by atoms with E-state index in [-0.39, 0.29) is 5.97 Å². The van der Waals surface area contributed by atoms with Gasteiger partial charge in [0.2, 0.25) is 0 Å². The molecule has 1 atom stereocenters. The van der Waals surface area contributed by atoms with Gasteiger partial charge < -0.3 is 4.74 Å². The van der Waals surface area contributed by atoms with E-state index in [1.807, 2.05) is 42.9 Å². The molecule has 0 aliphatic heterocycles. The van der Waals surface area contributed by atoms with E-state index < -0.39 is 0 Å². The van der Waals surface area contributed by atoms with Gasteiger partial charge in [-0.2, -0.15) is 5.10 Å². The number of benzene rings is 1. The molecule has 0 N–H and O–H groups in total. The van der Waals surface area contributed by atoms with Gasteiger partial charge in [0.15, 0.2) is 0 Å². The molecular weight excluding hydrogens is 264 g/mol. The molecule has 0 aliphatic carbocycles. The predicted octanol–water partition coefficient (Wildman–Crippen LogP) is 3.87. The summed E-state index contributed by atoms with van der Waals surface area (Å²) in [6, 6.07) is 7.65. The molecule has 1 aromatic carbocycles. The number of aryl methyl sites for hydroxylation is 1. The van der Waals surface area contributed by atoms with Crippen LogP contribution < -0.4 is 0 Å². The third kappa shape index (κ3) is 3.32. The second-order valence-corrected chi connectivity index (χ2v) is 5.21. The average Bonchev–Trinajstić information content (AvgIpc) is 2.92. The van der Waals surface area contributed by atoms with Gasteiger partial charge in [-0.15, -0.1) is 0 Å². The van der Waals surface area contributed by atoms with E-state index >= 15 is 0 Å². The van der Waals surface area contributed by atoms with Crippen LogP contribution in [0.1, 0.15) is 54.7 Å². The Morgan fingerprint density at radius 1 is 1.33 bits per heavy atom. The molecule has 0 aliphatic rings. The normalized spacial score (nSPS) is 12.2. The molecule has 0 saturated carbocycles. The van der Waals surface area contributed by atoms with Crippen LogP contribution in [0.15, 0.2) is 30.5 Å². The van der Waals surface area contributed by atoms with Crippen LogP contribution in [0.5, 0.6) is 0 Å². The largest absolute Gasteiger partial charge is 0.462 e. The van der Waals surface area contributed by atoms with Crippen molar-refractivity contribution in [2.45, 2.75) is 40.0 Å². The third-order valence-electron chi connectivity index (χ3n) is 3.65. The SMILES string of the molecule is CCOC(=O)c1ccc(-n2ccc(C)n2)c(C(C)CC)c1. The quantitative estimate of drug-likeness (QED) is 0.784. The number of aromatic nitrogens is 2. The fraction of sp³-hybridized carbons (Fsp3) is 0.412. The topological polar surface area (TPSA) is 44.1 Å². The summed E-state index contributed by atoms with van der Waals surface area (Å²) in [6.45, 7) is 8.46. The summed E-state index contributed by atoms with van der Waals surface area (Å²) in [5.74, 6) is 0.0733. The van der Waals surface area contributed by atoms with Crippen LogP contribution in [-0.4, -0.2) is 22.4 Å². The fourth-order valence-electron chi connectivity index (χ4n) is 2.27. The summed E-state index contributed by atoms with van der Waals surface area (Å²) < 4.78 is 6.95. The highest BCUT2D eigenvalue weighted by Crippen LogP contribution is 2.27. The van der Waals surface area contributed by atoms with Crippen molar-refractivity contribution in [2.75, 3.05) is 6.61 Å². The minimum Gasteiger partial charge on any atom is -0.462 e. The lowest BCUT2D eigenvalue weighted by atomic mass is 9.95. The first kappa shape index (κ1) is 15.3. The van der Waals surface area contributed by atoms with Crippen molar-refractivity contribution in [2.24, 2.45) is 0 Å². The second kappa shape index (κ2) is 6.57. The van der Waals surface area contributed by atoms with Crippen molar-refractivity contribution in [1.29, 1.82) is 0 Å². The Morgan fingerprint density at radius 3 is 2.67 bits per heavy atom. The lowest BCUT2D eigenvalue weighted by molar-refractivity contribution is 0.0526. The number of hydrogen-bond donors (Lipinski definition) is 0. The maximum Gasteiger partial charge on any atom is 0.338 e. The smallest absolute Gasteiger partial charge is 0.338 e. The Bertz CT molecular complexity index is 631. The van der Waals surface area contributed by atoms with Gasteiger partial charge in [-0.1, -0.05) is 13.8 Å². The Morgan fingerprint density at radius 2 is 2.10 bits per heavy atom.